The number of carbonyl (C=O) groups is 2. The summed E-state index contributed by atoms with van der Waals surface area (Å²) in [6.07, 6.45) is 2.58. The molecule has 0 N–H and O–H groups in total. The van der Waals surface area contributed by atoms with Gasteiger partial charge in [-0.05, 0) is 44.9 Å². The van der Waals surface area contributed by atoms with Crippen LogP contribution in [-0.2, 0) is 9.59 Å². The molecule has 1 aliphatic rings. The zero-order chi connectivity index (χ0) is 20.5. The molecule has 0 aliphatic carbocycles. The van der Waals surface area contributed by atoms with Crippen LogP contribution in [0.1, 0.15) is 38.8 Å². The van der Waals surface area contributed by atoms with Gasteiger partial charge in [-0.25, -0.2) is 13.7 Å². The van der Waals surface area contributed by atoms with Crippen LogP contribution in [0.2, 0.25) is 0 Å². The third-order valence-electron chi connectivity index (χ3n) is 4.65. The molecule has 0 atom stereocenters. The molecule has 0 bridgehead atoms. The van der Waals surface area contributed by atoms with Gasteiger partial charge in [-0.1, -0.05) is 42.5 Å². The number of aryl methyl sites for hydroxylation is 1. The fraction of sp³-hybridized carbons (Fsp3) is 0.273. The van der Waals surface area contributed by atoms with Crippen LogP contribution in [0.4, 0.5) is 8.78 Å². The number of allylic oxidation sites excluding steroid dienone is 5. The van der Waals surface area contributed by atoms with Crippen molar-refractivity contribution in [3.63, 3.8) is 0 Å². The van der Waals surface area contributed by atoms with Gasteiger partial charge in [0.2, 0.25) is 0 Å². The number of hydrogen-bond acceptors (Lipinski definition) is 2. The second-order valence-corrected chi connectivity index (χ2v) is 6.82. The highest BCUT2D eigenvalue weighted by molar-refractivity contribution is 6.19. The topological polar surface area (TPSA) is 37.4 Å². The van der Waals surface area contributed by atoms with E-state index in [0.717, 1.165) is 17.4 Å². The predicted molar refractivity (Wildman–Crippen MR) is 103 cm³/mol. The van der Waals surface area contributed by atoms with Crippen molar-refractivity contribution in [2.75, 3.05) is 0 Å². The lowest BCUT2D eigenvalue weighted by atomic mass is 9.94. The SMILES string of the molecule is C=C(/C(=C\C=C(/C)N1C(=O)C(C)=C(C)C1=O)C(C)(F)F)c1ccc(C)cc1. The zero-order valence-corrected chi connectivity index (χ0v) is 16.2. The lowest BCUT2D eigenvalue weighted by molar-refractivity contribution is -0.135. The summed E-state index contributed by atoms with van der Waals surface area (Å²) in [5, 5.41) is 0. The Morgan fingerprint density at radius 1 is 1.00 bits per heavy atom. The van der Waals surface area contributed by atoms with E-state index in [0.29, 0.717) is 16.7 Å². The molecule has 2 amide bonds. The maximum Gasteiger partial charge on any atom is 0.271 e. The van der Waals surface area contributed by atoms with Crippen molar-refractivity contribution < 1.29 is 18.4 Å². The van der Waals surface area contributed by atoms with Crippen LogP contribution in [0, 0.1) is 6.92 Å². The fourth-order valence-electron chi connectivity index (χ4n) is 2.77. The average molecular weight is 371 g/mol. The molecule has 27 heavy (non-hydrogen) atoms. The smallest absolute Gasteiger partial charge is 0.269 e. The number of imide groups is 1. The van der Waals surface area contributed by atoms with E-state index in [9.17, 15) is 18.4 Å². The number of rotatable bonds is 5. The summed E-state index contributed by atoms with van der Waals surface area (Å²) in [5.74, 6) is -3.99. The lowest BCUT2D eigenvalue weighted by Crippen LogP contribution is -2.29. The summed E-state index contributed by atoms with van der Waals surface area (Å²) >= 11 is 0. The van der Waals surface area contributed by atoms with Crippen molar-refractivity contribution in [2.45, 2.75) is 40.5 Å². The van der Waals surface area contributed by atoms with Gasteiger partial charge in [-0.15, -0.1) is 0 Å². The molecular weight excluding hydrogens is 348 g/mol. The van der Waals surface area contributed by atoms with Crippen molar-refractivity contribution in [3.8, 4) is 0 Å². The van der Waals surface area contributed by atoms with Crippen LogP contribution in [0.15, 0.2) is 65.4 Å². The summed E-state index contributed by atoms with van der Waals surface area (Å²) in [6.45, 7) is 11.2. The molecule has 2 rings (SSSR count). The summed E-state index contributed by atoms with van der Waals surface area (Å²) < 4.78 is 28.4. The average Bonchev–Trinajstić information content (AvgIpc) is 2.77. The molecule has 0 saturated heterocycles. The van der Waals surface area contributed by atoms with Gasteiger partial charge in [0.05, 0.1) is 0 Å². The zero-order valence-electron chi connectivity index (χ0n) is 16.2. The maximum atomic E-state index is 14.2. The van der Waals surface area contributed by atoms with Crippen LogP contribution < -0.4 is 0 Å². The Balaban J connectivity index is 2.40. The molecule has 0 fully saturated rings. The first-order valence-corrected chi connectivity index (χ1v) is 8.54. The highest BCUT2D eigenvalue weighted by Crippen LogP contribution is 2.34. The van der Waals surface area contributed by atoms with Gasteiger partial charge in [0.25, 0.3) is 17.7 Å². The number of carbonyl (C=O) groups excluding carboxylic acids is 2. The number of alkyl halides is 2. The van der Waals surface area contributed by atoms with Crippen molar-refractivity contribution >= 4 is 17.4 Å². The van der Waals surface area contributed by atoms with Crippen molar-refractivity contribution in [2.24, 2.45) is 0 Å². The first kappa shape index (κ1) is 20.5. The van der Waals surface area contributed by atoms with Crippen LogP contribution in [0.3, 0.4) is 0 Å². The summed E-state index contributed by atoms with van der Waals surface area (Å²) in [4.78, 5) is 25.4. The van der Waals surface area contributed by atoms with E-state index in [1.807, 2.05) is 19.1 Å². The van der Waals surface area contributed by atoms with Gasteiger partial charge in [-0.3, -0.25) is 9.59 Å². The third-order valence-corrected chi connectivity index (χ3v) is 4.65. The minimum atomic E-state index is -3.14. The minimum Gasteiger partial charge on any atom is -0.269 e. The molecule has 0 saturated carbocycles. The van der Waals surface area contributed by atoms with E-state index in [1.165, 1.54) is 19.1 Å². The predicted octanol–water partition coefficient (Wildman–Crippen LogP) is 5.20. The second-order valence-electron chi connectivity index (χ2n) is 6.82. The Kier molecular flexibility index (Phi) is 5.64. The van der Waals surface area contributed by atoms with Gasteiger partial charge in [0.1, 0.15) is 0 Å². The number of benzene rings is 1. The van der Waals surface area contributed by atoms with Crippen LogP contribution >= 0.6 is 0 Å². The lowest BCUT2D eigenvalue weighted by Gasteiger charge is -2.19. The molecule has 3 nitrogen and oxygen atoms in total. The first-order chi connectivity index (χ1) is 12.4. The largest absolute Gasteiger partial charge is 0.271 e. The Morgan fingerprint density at radius 2 is 1.48 bits per heavy atom. The Hall–Kier alpha value is -2.82. The van der Waals surface area contributed by atoms with Crippen LogP contribution in [0.25, 0.3) is 5.57 Å². The number of nitrogens with zero attached hydrogens (tertiary/aromatic N) is 1. The molecule has 0 unspecified atom stereocenters. The molecule has 0 aromatic heterocycles. The minimum absolute atomic E-state index is 0.191. The fourth-order valence-corrected chi connectivity index (χ4v) is 2.77. The van der Waals surface area contributed by atoms with Crippen molar-refractivity contribution in [3.05, 3.63) is 76.5 Å². The summed E-state index contributed by atoms with van der Waals surface area (Å²) in [6, 6.07) is 7.12. The molecule has 1 heterocycles. The number of amides is 2. The van der Waals surface area contributed by atoms with Gasteiger partial charge in [-0.2, -0.15) is 0 Å². The number of halogens is 2. The molecule has 1 aliphatic heterocycles. The molecule has 1 aromatic rings. The monoisotopic (exact) mass is 371 g/mol. The second kappa shape index (κ2) is 7.43. The van der Waals surface area contributed by atoms with Crippen molar-refractivity contribution in [1.82, 2.24) is 4.90 Å². The van der Waals surface area contributed by atoms with E-state index >= 15 is 0 Å². The Bertz CT molecular complexity index is 873. The van der Waals surface area contributed by atoms with Crippen LogP contribution in [-0.4, -0.2) is 22.6 Å². The molecule has 5 heteroatoms. The van der Waals surface area contributed by atoms with E-state index in [1.54, 1.807) is 26.0 Å². The normalized spacial score (nSPS) is 16.5. The Morgan fingerprint density at radius 3 is 1.93 bits per heavy atom. The van der Waals surface area contributed by atoms with Gasteiger partial charge >= 0.3 is 0 Å². The highest BCUT2D eigenvalue weighted by atomic mass is 19.3. The van der Waals surface area contributed by atoms with Crippen LogP contribution in [0.5, 0.6) is 0 Å². The van der Waals surface area contributed by atoms with E-state index < -0.39 is 17.7 Å². The summed E-state index contributed by atoms with van der Waals surface area (Å²) in [7, 11) is 0. The van der Waals surface area contributed by atoms with E-state index in [-0.39, 0.29) is 16.8 Å². The standard InChI is InChI=1S/C22H23F2NO2/c1-13-7-10-18(11-8-13)17(5)19(22(6,23)24)12-9-14(2)25-20(26)15(3)16(4)21(25)27/h7-12H,5H2,1-4,6H3/b14-9+,19-12+. The van der Waals surface area contributed by atoms with Gasteiger partial charge in [0.15, 0.2) is 0 Å². The third kappa shape index (κ3) is 4.13. The van der Waals surface area contributed by atoms with E-state index in [4.69, 9.17) is 0 Å². The highest BCUT2D eigenvalue weighted by Gasteiger charge is 2.34. The molecule has 142 valence electrons. The summed E-state index contributed by atoms with van der Waals surface area (Å²) in [5.41, 5.74) is 2.52. The molecule has 0 radical (unpaired) electrons. The molecular formula is C22H23F2NO2. The maximum absolute atomic E-state index is 14.2. The van der Waals surface area contributed by atoms with Crippen molar-refractivity contribution in [1.29, 1.82) is 0 Å². The quantitative estimate of drug-likeness (QED) is 0.527. The molecule has 1 aromatic carbocycles. The molecule has 0 spiro atoms. The van der Waals surface area contributed by atoms with Gasteiger partial charge in [0, 0.05) is 29.3 Å². The Labute approximate surface area is 158 Å². The number of hydrogen-bond donors (Lipinski definition) is 0. The van der Waals surface area contributed by atoms with Gasteiger partial charge < -0.3 is 0 Å². The first-order valence-electron chi connectivity index (χ1n) is 8.54. The van der Waals surface area contributed by atoms with E-state index in [2.05, 4.69) is 6.58 Å².